The van der Waals surface area contributed by atoms with E-state index in [-0.39, 0.29) is 12.1 Å². The maximum absolute atomic E-state index is 13.6. The summed E-state index contributed by atoms with van der Waals surface area (Å²) in [5.41, 5.74) is 0.0875. The highest BCUT2D eigenvalue weighted by Gasteiger charge is 2.19. The van der Waals surface area contributed by atoms with Gasteiger partial charge < -0.3 is 19.9 Å². The quantitative estimate of drug-likeness (QED) is 0.735. The van der Waals surface area contributed by atoms with E-state index in [1.807, 2.05) is 0 Å². The molecule has 0 aliphatic heterocycles. The topological polar surface area (TPSA) is 67.8 Å². The van der Waals surface area contributed by atoms with Gasteiger partial charge in [-0.2, -0.15) is 0 Å². The van der Waals surface area contributed by atoms with Gasteiger partial charge in [0.1, 0.15) is 0 Å². The number of carbonyl (C=O) groups is 1. The molecular weight excluding hydrogens is 272 g/mol. The monoisotopic (exact) mass is 289 g/mol. The van der Waals surface area contributed by atoms with Crippen LogP contribution in [-0.2, 0) is 16.1 Å². The Morgan fingerprint density at radius 1 is 1.40 bits per heavy atom. The zero-order valence-electron chi connectivity index (χ0n) is 11.3. The molecule has 0 aliphatic carbocycles. The van der Waals surface area contributed by atoms with E-state index in [2.05, 4.69) is 5.32 Å². The van der Waals surface area contributed by atoms with Crippen LogP contribution in [0, 0.1) is 11.6 Å². The Morgan fingerprint density at radius 3 is 2.50 bits per heavy atom. The molecule has 0 saturated heterocycles. The van der Waals surface area contributed by atoms with Crippen molar-refractivity contribution < 1.29 is 28.2 Å². The first-order chi connectivity index (χ1) is 9.49. The van der Waals surface area contributed by atoms with Gasteiger partial charge in [-0.1, -0.05) is 0 Å². The maximum atomic E-state index is 13.6. The summed E-state index contributed by atoms with van der Waals surface area (Å²) in [6.07, 6.45) is -1.06. The van der Waals surface area contributed by atoms with Gasteiger partial charge in [-0.15, -0.1) is 0 Å². The van der Waals surface area contributed by atoms with Crippen molar-refractivity contribution in [3.8, 4) is 5.75 Å². The third kappa shape index (κ3) is 4.43. The fraction of sp³-hybridized carbons (Fsp3) is 0.462. The lowest BCUT2D eigenvalue weighted by Crippen LogP contribution is -2.38. The highest BCUT2D eigenvalue weighted by molar-refractivity contribution is 5.80. The van der Waals surface area contributed by atoms with Crippen LogP contribution in [0.5, 0.6) is 5.75 Å². The van der Waals surface area contributed by atoms with E-state index in [0.29, 0.717) is 6.61 Å². The summed E-state index contributed by atoms with van der Waals surface area (Å²) in [5.74, 6) is -3.08. The summed E-state index contributed by atoms with van der Waals surface area (Å²) in [7, 11) is 1.49. The van der Waals surface area contributed by atoms with E-state index in [4.69, 9.17) is 14.6 Å². The minimum Gasteiger partial charge on any atom is -0.475 e. The van der Waals surface area contributed by atoms with Crippen LogP contribution in [-0.4, -0.2) is 37.4 Å². The zero-order valence-corrected chi connectivity index (χ0v) is 11.3. The molecule has 0 bridgehead atoms. The van der Waals surface area contributed by atoms with Crippen molar-refractivity contribution in [3.05, 3.63) is 29.3 Å². The number of hydrogen-bond acceptors (Lipinski definition) is 4. The molecular formula is C13H17F2NO4. The summed E-state index contributed by atoms with van der Waals surface area (Å²) in [6.45, 7) is 1.49. The average molecular weight is 289 g/mol. The molecule has 5 nitrogen and oxygen atoms in total. The summed E-state index contributed by atoms with van der Waals surface area (Å²) < 4.78 is 36.9. The van der Waals surface area contributed by atoms with Gasteiger partial charge in [0, 0.05) is 13.7 Å². The molecule has 1 atom stereocenters. The third-order valence-electron chi connectivity index (χ3n) is 2.51. The summed E-state index contributed by atoms with van der Waals surface area (Å²) in [4.78, 5) is 11.6. The number of benzene rings is 1. The Balaban J connectivity index is 2.70. The number of aliphatic hydroxyl groups is 1. The zero-order chi connectivity index (χ0) is 15.1. The van der Waals surface area contributed by atoms with Crippen LogP contribution in [0.3, 0.4) is 0 Å². The number of rotatable bonds is 7. The predicted octanol–water partition coefficient (Wildman–Crippen LogP) is 0.987. The van der Waals surface area contributed by atoms with E-state index in [1.54, 1.807) is 0 Å². The first-order valence-corrected chi connectivity index (χ1v) is 6.01. The molecule has 20 heavy (non-hydrogen) atoms. The first-order valence-electron chi connectivity index (χ1n) is 6.01. The molecule has 112 valence electrons. The molecule has 1 rings (SSSR count). The highest BCUT2D eigenvalue weighted by Crippen LogP contribution is 2.24. The lowest BCUT2D eigenvalue weighted by Gasteiger charge is -2.16. The molecule has 0 aliphatic rings. The Kier molecular flexibility index (Phi) is 6.33. The smallest absolute Gasteiger partial charge is 0.260 e. The average Bonchev–Trinajstić information content (AvgIpc) is 2.42. The number of methoxy groups -OCH3 is 1. The van der Waals surface area contributed by atoms with Gasteiger partial charge in [-0.3, -0.25) is 4.79 Å². The molecule has 1 aromatic carbocycles. The number of aliphatic hydroxyl groups excluding tert-OH is 1. The van der Waals surface area contributed by atoms with E-state index >= 15 is 0 Å². The molecule has 1 amide bonds. The molecule has 1 unspecified atom stereocenters. The maximum Gasteiger partial charge on any atom is 0.260 e. The predicted molar refractivity (Wildman–Crippen MR) is 67.3 cm³/mol. The SMILES string of the molecule is COCCNC(=O)C(C)Oc1c(F)cc(CO)cc1F. The Bertz CT molecular complexity index is 445. The van der Waals surface area contributed by atoms with Gasteiger partial charge in [0.15, 0.2) is 23.5 Å². The van der Waals surface area contributed by atoms with Crippen molar-refractivity contribution in [2.24, 2.45) is 0 Å². The van der Waals surface area contributed by atoms with Gasteiger partial charge in [0.05, 0.1) is 13.2 Å². The second kappa shape index (κ2) is 7.76. The van der Waals surface area contributed by atoms with Crippen LogP contribution in [0.15, 0.2) is 12.1 Å². The molecule has 0 aromatic heterocycles. The molecule has 0 saturated carbocycles. The van der Waals surface area contributed by atoms with Crippen molar-refractivity contribution in [1.29, 1.82) is 0 Å². The minimum absolute atomic E-state index is 0.0875. The second-order valence-electron chi connectivity index (χ2n) is 4.09. The molecule has 0 heterocycles. The summed E-state index contributed by atoms with van der Waals surface area (Å²) in [6, 6.07) is 1.90. The molecule has 0 spiro atoms. The Hall–Kier alpha value is -1.73. The van der Waals surface area contributed by atoms with Gasteiger partial charge >= 0.3 is 0 Å². The van der Waals surface area contributed by atoms with Crippen LogP contribution in [0.25, 0.3) is 0 Å². The molecule has 0 radical (unpaired) electrons. The number of amides is 1. The van der Waals surface area contributed by atoms with E-state index < -0.39 is 36.0 Å². The Morgan fingerprint density at radius 2 is 2.00 bits per heavy atom. The van der Waals surface area contributed by atoms with E-state index in [0.717, 1.165) is 12.1 Å². The number of carbonyl (C=O) groups excluding carboxylic acids is 1. The normalized spacial score (nSPS) is 12.1. The van der Waals surface area contributed by atoms with Crippen molar-refractivity contribution in [2.75, 3.05) is 20.3 Å². The first kappa shape index (κ1) is 16.3. The standard InChI is InChI=1S/C13H17F2NO4/c1-8(13(18)16-3-4-19-2)20-12-10(14)5-9(7-17)6-11(12)15/h5-6,8,17H,3-4,7H2,1-2H3,(H,16,18). The van der Waals surface area contributed by atoms with Crippen molar-refractivity contribution in [1.82, 2.24) is 5.32 Å². The molecule has 2 N–H and O–H groups in total. The van der Waals surface area contributed by atoms with Gasteiger partial charge in [-0.05, 0) is 24.6 Å². The third-order valence-corrected chi connectivity index (χ3v) is 2.51. The molecule has 0 fully saturated rings. The molecule has 1 aromatic rings. The number of ether oxygens (including phenoxy) is 2. The van der Waals surface area contributed by atoms with Gasteiger partial charge in [0.25, 0.3) is 5.91 Å². The van der Waals surface area contributed by atoms with Crippen molar-refractivity contribution in [2.45, 2.75) is 19.6 Å². The summed E-state index contributed by atoms with van der Waals surface area (Å²) in [5, 5.41) is 11.3. The van der Waals surface area contributed by atoms with Crippen molar-refractivity contribution in [3.63, 3.8) is 0 Å². The van der Waals surface area contributed by atoms with Gasteiger partial charge in [-0.25, -0.2) is 8.78 Å². The lowest BCUT2D eigenvalue weighted by molar-refractivity contribution is -0.127. The van der Waals surface area contributed by atoms with Crippen LogP contribution >= 0.6 is 0 Å². The second-order valence-corrected chi connectivity index (χ2v) is 4.09. The van der Waals surface area contributed by atoms with Crippen LogP contribution < -0.4 is 10.1 Å². The Labute approximate surface area is 115 Å². The van der Waals surface area contributed by atoms with Crippen molar-refractivity contribution >= 4 is 5.91 Å². The summed E-state index contributed by atoms with van der Waals surface area (Å²) >= 11 is 0. The number of nitrogens with one attached hydrogen (secondary N) is 1. The fourth-order valence-electron chi connectivity index (χ4n) is 1.47. The minimum atomic E-state index is -1.06. The highest BCUT2D eigenvalue weighted by atomic mass is 19.1. The van der Waals surface area contributed by atoms with E-state index in [1.165, 1.54) is 14.0 Å². The number of hydrogen-bond donors (Lipinski definition) is 2. The van der Waals surface area contributed by atoms with Crippen LogP contribution in [0.2, 0.25) is 0 Å². The van der Waals surface area contributed by atoms with E-state index in [9.17, 15) is 13.6 Å². The van der Waals surface area contributed by atoms with Crippen LogP contribution in [0.1, 0.15) is 12.5 Å². The largest absolute Gasteiger partial charge is 0.475 e. The van der Waals surface area contributed by atoms with Gasteiger partial charge in [0.2, 0.25) is 0 Å². The van der Waals surface area contributed by atoms with Crippen LogP contribution in [0.4, 0.5) is 8.78 Å². The fourth-order valence-corrected chi connectivity index (χ4v) is 1.47. The lowest BCUT2D eigenvalue weighted by atomic mass is 10.2. The molecule has 7 heteroatoms. The number of halogens is 2.